The van der Waals surface area contributed by atoms with Crippen molar-refractivity contribution in [2.45, 2.75) is 45.5 Å². The zero-order chi connectivity index (χ0) is 16.8. The summed E-state index contributed by atoms with van der Waals surface area (Å²) in [5.74, 6) is 0.0826. The average molecular weight is 320 g/mol. The van der Waals surface area contributed by atoms with Crippen molar-refractivity contribution in [3.8, 4) is 0 Å². The zero-order valence-corrected chi connectivity index (χ0v) is 14.3. The Morgan fingerprint density at radius 3 is 2.48 bits per heavy atom. The molecule has 0 spiro atoms. The smallest absolute Gasteiger partial charge is 0.242 e. The third kappa shape index (κ3) is 5.22. The standard InChI is InChI=1S/C18H28N2O3/c1-4-17(21)12-19(16-8-6-5-7-9-16)13-18(22)20-10-14(2)23-15(3)11-20/h5-9,14-15,17,21H,4,10-13H2,1-3H3/t14-,15+,17-/m1/s1. The number of rotatable bonds is 6. The molecule has 0 bridgehead atoms. The summed E-state index contributed by atoms with van der Waals surface area (Å²) in [6, 6.07) is 9.79. The molecule has 1 aliphatic heterocycles. The van der Waals surface area contributed by atoms with Gasteiger partial charge in [0.1, 0.15) is 0 Å². The van der Waals surface area contributed by atoms with Gasteiger partial charge in [0.05, 0.1) is 24.9 Å². The van der Waals surface area contributed by atoms with Gasteiger partial charge in [0.25, 0.3) is 0 Å². The highest BCUT2D eigenvalue weighted by Crippen LogP contribution is 2.16. The molecule has 0 aliphatic carbocycles. The molecule has 1 amide bonds. The molecule has 23 heavy (non-hydrogen) atoms. The average Bonchev–Trinajstić information content (AvgIpc) is 2.53. The van der Waals surface area contributed by atoms with E-state index in [9.17, 15) is 9.90 Å². The highest BCUT2D eigenvalue weighted by Gasteiger charge is 2.27. The van der Waals surface area contributed by atoms with Crippen molar-refractivity contribution in [3.05, 3.63) is 30.3 Å². The monoisotopic (exact) mass is 320 g/mol. The van der Waals surface area contributed by atoms with E-state index in [-0.39, 0.29) is 24.7 Å². The number of anilines is 1. The van der Waals surface area contributed by atoms with Crippen molar-refractivity contribution < 1.29 is 14.6 Å². The molecule has 0 unspecified atom stereocenters. The number of nitrogens with zero attached hydrogens (tertiary/aromatic N) is 2. The molecule has 0 aromatic heterocycles. The SMILES string of the molecule is CC[C@@H](O)CN(CC(=O)N1C[C@@H](C)O[C@@H](C)C1)c1ccccc1. The topological polar surface area (TPSA) is 53.0 Å². The summed E-state index contributed by atoms with van der Waals surface area (Å²) in [6.07, 6.45) is 0.358. The van der Waals surface area contributed by atoms with Crippen LogP contribution in [-0.2, 0) is 9.53 Å². The van der Waals surface area contributed by atoms with Crippen LogP contribution >= 0.6 is 0 Å². The summed E-state index contributed by atoms with van der Waals surface area (Å²) in [6.45, 7) is 7.92. The Balaban J connectivity index is 2.06. The molecule has 1 aromatic rings. The van der Waals surface area contributed by atoms with Crippen LogP contribution in [-0.4, -0.2) is 60.4 Å². The molecule has 5 nitrogen and oxygen atoms in total. The van der Waals surface area contributed by atoms with Crippen molar-refractivity contribution in [2.24, 2.45) is 0 Å². The highest BCUT2D eigenvalue weighted by molar-refractivity contribution is 5.81. The van der Waals surface area contributed by atoms with Crippen molar-refractivity contribution in [2.75, 3.05) is 31.1 Å². The molecular weight excluding hydrogens is 292 g/mol. The number of aliphatic hydroxyl groups excluding tert-OH is 1. The van der Waals surface area contributed by atoms with E-state index in [0.29, 0.717) is 26.1 Å². The van der Waals surface area contributed by atoms with Gasteiger partial charge in [-0.25, -0.2) is 0 Å². The Hall–Kier alpha value is -1.59. The number of hydrogen-bond donors (Lipinski definition) is 1. The lowest BCUT2D eigenvalue weighted by Gasteiger charge is -2.37. The van der Waals surface area contributed by atoms with Crippen LogP contribution in [0.3, 0.4) is 0 Å². The summed E-state index contributed by atoms with van der Waals surface area (Å²) in [5, 5.41) is 10.0. The first-order valence-corrected chi connectivity index (χ1v) is 8.40. The minimum atomic E-state index is -0.439. The van der Waals surface area contributed by atoms with Gasteiger partial charge in [-0.05, 0) is 32.4 Å². The van der Waals surface area contributed by atoms with Crippen LogP contribution in [0.25, 0.3) is 0 Å². The molecule has 1 saturated heterocycles. The number of carbonyl (C=O) groups excluding carboxylic acids is 1. The fraction of sp³-hybridized carbons (Fsp3) is 0.611. The maximum absolute atomic E-state index is 12.7. The third-order valence-electron chi connectivity index (χ3n) is 4.12. The predicted octanol–water partition coefficient (Wildman–Crippen LogP) is 1.90. The summed E-state index contributed by atoms with van der Waals surface area (Å²) in [5.41, 5.74) is 0.961. The van der Waals surface area contributed by atoms with E-state index in [2.05, 4.69) is 0 Å². The Kier molecular flexibility index (Phi) is 6.42. The Morgan fingerprint density at radius 1 is 1.30 bits per heavy atom. The van der Waals surface area contributed by atoms with Crippen molar-refractivity contribution >= 4 is 11.6 Å². The second-order valence-electron chi connectivity index (χ2n) is 6.33. The van der Waals surface area contributed by atoms with Crippen molar-refractivity contribution in [1.29, 1.82) is 0 Å². The maximum atomic E-state index is 12.7. The van der Waals surface area contributed by atoms with E-state index in [1.807, 2.05) is 60.9 Å². The molecule has 0 saturated carbocycles. The first-order chi connectivity index (χ1) is 11.0. The van der Waals surface area contributed by atoms with Crippen LogP contribution in [0.2, 0.25) is 0 Å². The van der Waals surface area contributed by atoms with Gasteiger partial charge in [0.2, 0.25) is 5.91 Å². The van der Waals surface area contributed by atoms with Crippen LogP contribution in [0.5, 0.6) is 0 Å². The van der Waals surface area contributed by atoms with Crippen LogP contribution in [0.15, 0.2) is 30.3 Å². The first kappa shape index (κ1) is 17.8. The highest BCUT2D eigenvalue weighted by atomic mass is 16.5. The lowest BCUT2D eigenvalue weighted by atomic mass is 10.2. The molecule has 5 heteroatoms. The molecule has 0 radical (unpaired) electrons. The molecule has 1 fully saturated rings. The second-order valence-corrected chi connectivity index (χ2v) is 6.33. The summed E-state index contributed by atoms with van der Waals surface area (Å²) < 4.78 is 5.69. The predicted molar refractivity (Wildman–Crippen MR) is 91.5 cm³/mol. The number of amides is 1. The minimum Gasteiger partial charge on any atom is -0.391 e. The zero-order valence-electron chi connectivity index (χ0n) is 14.3. The number of aliphatic hydroxyl groups is 1. The molecule has 128 valence electrons. The fourth-order valence-electron chi connectivity index (χ4n) is 2.93. The van der Waals surface area contributed by atoms with Crippen LogP contribution < -0.4 is 4.90 Å². The van der Waals surface area contributed by atoms with Crippen LogP contribution in [0, 0.1) is 0 Å². The van der Waals surface area contributed by atoms with Crippen molar-refractivity contribution in [1.82, 2.24) is 4.90 Å². The molecule has 1 heterocycles. The third-order valence-corrected chi connectivity index (χ3v) is 4.12. The number of morpholine rings is 1. The molecule has 1 aliphatic rings. The van der Waals surface area contributed by atoms with E-state index in [1.54, 1.807) is 0 Å². The van der Waals surface area contributed by atoms with E-state index in [1.165, 1.54) is 0 Å². The molecule has 2 rings (SSSR count). The second kappa shape index (κ2) is 8.31. The van der Waals surface area contributed by atoms with Crippen LogP contribution in [0.1, 0.15) is 27.2 Å². The molecule has 3 atom stereocenters. The van der Waals surface area contributed by atoms with E-state index in [4.69, 9.17) is 4.74 Å². The number of hydrogen-bond acceptors (Lipinski definition) is 4. The minimum absolute atomic E-state index is 0.0640. The number of carbonyl (C=O) groups is 1. The summed E-state index contributed by atoms with van der Waals surface area (Å²) >= 11 is 0. The Morgan fingerprint density at radius 2 is 1.91 bits per heavy atom. The van der Waals surface area contributed by atoms with Crippen molar-refractivity contribution in [3.63, 3.8) is 0 Å². The molecule has 1 aromatic carbocycles. The number of para-hydroxylation sites is 1. The quantitative estimate of drug-likeness (QED) is 0.870. The normalized spacial score (nSPS) is 22.7. The lowest BCUT2D eigenvalue weighted by molar-refractivity contribution is -0.141. The largest absolute Gasteiger partial charge is 0.391 e. The van der Waals surface area contributed by atoms with Gasteiger partial charge in [0.15, 0.2) is 0 Å². The van der Waals surface area contributed by atoms with Gasteiger partial charge in [-0.1, -0.05) is 25.1 Å². The van der Waals surface area contributed by atoms with E-state index in [0.717, 1.165) is 5.69 Å². The van der Waals surface area contributed by atoms with Gasteiger partial charge in [-0.15, -0.1) is 0 Å². The Bertz CT molecular complexity index is 484. The number of ether oxygens (including phenoxy) is 1. The number of benzene rings is 1. The van der Waals surface area contributed by atoms with Gasteiger partial charge in [-0.3, -0.25) is 4.79 Å². The lowest BCUT2D eigenvalue weighted by Crippen LogP contribution is -2.51. The fourth-order valence-corrected chi connectivity index (χ4v) is 2.93. The molecule has 1 N–H and O–H groups in total. The first-order valence-electron chi connectivity index (χ1n) is 8.40. The van der Waals surface area contributed by atoms with Gasteiger partial charge >= 0.3 is 0 Å². The van der Waals surface area contributed by atoms with Gasteiger partial charge in [-0.2, -0.15) is 0 Å². The van der Waals surface area contributed by atoms with E-state index >= 15 is 0 Å². The van der Waals surface area contributed by atoms with Gasteiger partial charge in [0, 0.05) is 25.3 Å². The van der Waals surface area contributed by atoms with E-state index < -0.39 is 6.10 Å². The Labute approximate surface area is 138 Å². The van der Waals surface area contributed by atoms with Gasteiger partial charge < -0.3 is 19.6 Å². The molecular formula is C18H28N2O3. The summed E-state index contributed by atoms with van der Waals surface area (Å²) in [4.78, 5) is 16.5. The maximum Gasteiger partial charge on any atom is 0.242 e. The van der Waals surface area contributed by atoms with Crippen LogP contribution in [0.4, 0.5) is 5.69 Å². The summed E-state index contributed by atoms with van der Waals surface area (Å²) in [7, 11) is 0.